The van der Waals surface area contributed by atoms with Gasteiger partial charge in [-0.1, -0.05) is 51.0 Å². The van der Waals surface area contributed by atoms with Crippen molar-refractivity contribution in [2.75, 3.05) is 0 Å². The second kappa shape index (κ2) is 9.21. The molecule has 0 aromatic carbocycles. The molecule has 2 heteroatoms. The van der Waals surface area contributed by atoms with Crippen LogP contribution in [-0.2, 0) is 0 Å². The highest BCUT2D eigenvalue weighted by molar-refractivity contribution is 5.15. The molecule has 0 bridgehead atoms. The lowest BCUT2D eigenvalue weighted by molar-refractivity contribution is -0.180. The Hall–Kier alpha value is -0.600. The Bertz CT molecular complexity index is 725. The number of rotatable bonds is 7. The third kappa shape index (κ3) is 4.65. The Morgan fingerprint density at radius 1 is 0.875 bits per heavy atom. The van der Waals surface area contributed by atoms with Gasteiger partial charge in [0.25, 0.3) is 0 Å². The second-order valence-corrected chi connectivity index (χ2v) is 13.4. The van der Waals surface area contributed by atoms with E-state index in [2.05, 4.69) is 67.5 Å². The lowest BCUT2D eigenvalue weighted by Gasteiger charge is -2.63. The van der Waals surface area contributed by atoms with Crippen LogP contribution in [0.2, 0.25) is 0 Å². The first kappa shape index (κ1) is 26.0. The maximum absolute atomic E-state index is 11.7. The SMILES string of the molecule is CC(C)=CCC/C(C)=C/CCC(C)(O)[C@H]1CC[C@H]2[C@@]1(C)CC[C@H]1C(C)(C)[C@@H](O)CC[C@]21C. The number of allylic oxidation sites excluding steroid dienone is 4. The van der Waals surface area contributed by atoms with E-state index in [0.717, 1.165) is 44.9 Å². The summed E-state index contributed by atoms with van der Waals surface area (Å²) in [6, 6.07) is 0. The van der Waals surface area contributed by atoms with Crippen molar-refractivity contribution < 1.29 is 10.2 Å². The molecule has 3 fully saturated rings. The van der Waals surface area contributed by atoms with Crippen LogP contribution in [0.3, 0.4) is 0 Å². The van der Waals surface area contributed by atoms with E-state index in [1.807, 2.05) is 0 Å². The molecule has 0 saturated heterocycles. The molecule has 7 atom stereocenters. The molecule has 3 rings (SSSR count). The molecule has 184 valence electrons. The van der Waals surface area contributed by atoms with Crippen molar-refractivity contribution in [1.82, 2.24) is 0 Å². The molecular formula is C30H52O2. The van der Waals surface area contributed by atoms with Crippen LogP contribution in [0.1, 0.15) is 120 Å². The third-order valence-corrected chi connectivity index (χ3v) is 10.6. The topological polar surface area (TPSA) is 40.5 Å². The highest BCUT2D eigenvalue weighted by Crippen LogP contribution is 2.71. The van der Waals surface area contributed by atoms with E-state index in [1.165, 1.54) is 30.4 Å². The van der Waals surface area contributed by atoms with Crippen LogP contribution in [0.5, 0.6) is 0 Å². The molecule has 0 radical (unpaired) electrons. The van der Waals surface area contributed by atoms with Gasteiger partial charge in [0.15, 0.2) is 0 Å². The van der Waals surface area contributed by atoms with E-state index in [9.17, 15) is 10.2 Å². The van der Waals surface area contributed by atoms with Crippen molar-refractivity contribution in [3.63, 3.8) is 0 Å². The van der Waals surface area contributed by atoms with Crippen molar-refractivity contribution >= 4 is 0 Å². The first-order valence-corrected chi connectivity index (χ1v) is 13.4. The summed E-state index contributed by atoms with van der Waals surface area (Å²) in [4.78, 5) is 0. The van der Waals surface area contributed by atoms with E-state index in [1.54, 1.807) is 0 Å². The molecule has 2 N–H and O–H groups in total. The Morgan fingerprint density at radius 3 is 2.19 bits per heavy atom. The summed E-state index contributed by atoms with van der Waals surface area (Å²) >= 11 is 0. The average Bonchev–Trinajstić information content (AvgIpc) is 3.04. The van der Waals surface area contributed by atoms with Gasteiger partial charge in [-0.15, -0.1) is 0 Å². The van der Waals surface area contributed by atoms with Gasteiger partial charge in [-0.25, -0.2) is 0 Å². The fourth-order valence-electron chi connectivity index (χ4n) is 8.81. The maximum Gasteiger partial charge on any atom is 0.0656 e. The number of hydrogen-bond donors (Lipinski definition) is 2. The van der Waals surface area contributed by atoms with Crippen LogP contribution in [0, 0.1) is 34.0 Å². The molecule has 0 heterocycles. The van der Waals surface area contributed by atoms with Crippen LogP contribution in [0.25, 0.3) is 0 Å². The zero-order chi connectivity index (χ0) is 23.9. The lowest BCUT2D eigenvalue weighted by Crippen LogP contribution is -2.59. The molecule has 0 aromatic heterocycles. The normalized spacial score (nSPS) is 40.9. The Labute approximate surface area is 199 Å². The molecule has 3 aliphatic rings. The summed E-state index contributed by atoms with van der Waals surface area (Å²) in [7, 11) is 0. The summed E-state index contributed by atoms with van der Waals surface area (Å²) in [6.45, 7) is 18.3. The van der Waals surface area contributed by atoms with Gasteiger partial charge in [-0.2, -0.15) is 0 Å². The van der Waals surface area contributed by atoms with Crippen LogP contribution < -0.4 is 0 Å². The minimum absolute atomic E-state index is 0.00274. The van der Waals surface area contributed by atoms with Gasteiger partial charge in [0.2, 0.25) is 0 Å². The lowest BCUT2D eigenvalue weighted by atomic mass is 9.42. The van der Waals surface area contributed by atoms with E-state index in [-0.39, 0.29) is 16.9 Å². The molecule has 3 saturated carbocycles. The van der Waals surface area contributed by atoms with Crippen LogP contribution in [0.15, 0.2) is 23.3 Å². The third-order valence-electron chi connectivity index (χ3n) is 10.6. The monoisotopic (exact) mass is 444 g/mol. The zero-order valence-electron chi connectivity index (χ0n) is 22.4. The summed E-state index contributed by atoms with van der Waals surface area (Å²) < 4.78 is 0. The van der Waals surface area contributed by atoms with E-state index in [4.69, 9.17) is 0 Å². The van der Waals surface area contributed by atoms with Gasteiger partial charge >= 0.3 is 0 Å². The maximum atomic E-state index is 11.7. The molecule has 3 aliphatic carbocycles. The first-order chi connectivity index (χ1) is 14.7. The Balaban J connectivity index is 1.69. The van der Waals surface area contributed by atoms with Crippen molar-refractivity contribution in [3.05, 3.63) is 23.3 Å². The predicted molar refractivity (Wildman–Crippen MR) is 136 cm³/mol. The highest BCUT2D eigenvalue weighted by Gasteiger charge is 2.65. The average molecular weight is 445 g/mol. The van der Waals surface area contributed by atoms with E-state index < -0.39 is 5.60 Å². The minimum Gasteiger partial charge on any atom is -0.393 e. The van der Waals surface area contributed by atoms with Gasteiger partial charge in [-0.05, 0) is 126 Å². The van der Waals surface area contributed by atoms with E-state index >= 15 is 0 Å². The molecule has 0 amide bonds. The fraction of sp³-hybridized carbons (Fsp3) is 0.867. The molecule has 0 spiro atoms. The summed E-state index contributed by atoms with van der Waals surface area (Å²) in [5.41, 5.74) is 2.75. The summed E-state index contributed by atoms with van der Waals surface area (Å²) in [5, 5.41) is 22.5. The van der Waals surface area contributed by atoms with Crippen molar-refractivity contribution in [3.8, 4) is 0 Å². The number of aliphatic hydroxyl groups is 2. The van der Waals surface area contributed by atoms with Gasteiger partial charge < -0.3 is 10.2 Å². The number of aliphatic hydroxyl groups excluding tert-OH is 1. The minimum atomic E-state index is -0.604. The van der Waals surface area contributed by atoms with Gasteiger partial charge in [0.1, 0.15) is 0 Å². The quantitative estimate of drug-likeness (QED) is 0.393. The summed E-state index contributed by atoms with van der Waals surface area (Å²) in [6.07, 6.45) is 15.5. The molecule has 1 unspecified atom stereocenters. The first-order valence-electron chi connectivity index (χ1n) is 13.4. The predicted octanol–water partition coefficient (Wildman–Crippen LogP) is 7.84. The van der Waals surface area contributed by atoms with Gasteiger partial charge in [-0.3, -0.25) is 0 Å². The molecule has 0 aliphatic heterocycles. The van der Waals surface area contributed by atoms with Crippen molar-refractivity contribution in [1.29, 1.82) is 0 Å². The smallest absolute Gasteiger partial charge is 0.0656 e. The molecule has 2 nitrogen and oxygen atoms in total. The molecular weight excluding hydrogens is 392 g/mol. The fourth-order valence-corrected chi connectivity index (χ4v) is 8.81. The van der Waals surface area contributed by atoms with E-state index in [0.29, 0.717) is 23.2 Å². The molecule has 0 aromatic rings. The van der Waals surface area contributed by atoms with Crippen LogP contribution in [0.4, 0.5) is 0 Å². The zero-order valence-corrected chi connectivity index (χ0v) is 22.4. The summed E-state index contributed by atoms with van der Waals surface area (Å²) in [5.74, 6) is 1.64. The second-order valence-electron chi connectivity index (χ2n) is 13.4. The van der Waals surface area contributed by atoms with Crippen LogP contribution >= 0.6 is 0 Å². The van der Waals surface area contributed by atoms with Crippen molar-refractivity contribution in [2.24, 2.45) is 34.0 Å². The van der Waals surface area contributed by atoms with Crippen LogP contribution in [-0.4, -0.2) is 21.9 Å². The number of hydrogen-bond acceptors (Lipinski definition) is 2. The Morgan fingerprint density at radius 2 is 1.53 bits per heavy atom. The van der Waals surface area contributed by atoms with Gasteiger partial charge in [0, 0.05) is 0 Å². The standard InChI is InChI=1S/C30H52O2/c1-21(2)11-9-12-22(3)13-10-18-30(8,32)25-15-14-24-28(6)20-17-26(31)27(4,5)23(28)16-19-29(24,25)7/h11,13,23-26,31-32H,9-10,12,14-20H2,1-8H3/b22-13+/t23-,24+,25-,26-,28-,29+,30?/m0/s1. The Kier molecular flexibility index (Phi) is 7.49. The number of fused-ring (bicyclic) bond motifs is 3. The van der Waals surface area contributed by atoms with Gasteiger partial charge in [0.05, 0.1) is 11.7 Å². The van der Waals surface area contributed by atoms with Crippen molar-refractivity contribution in [2.45, 2.75) is 131 Å². The molecule has 32 heavy (non-hydrogen) atoms. The largest absolute Gasteiger partial charge is 0.393 e. The highest BCUT2D eigenvalue weighted by atomic mass is 16.3.